The number of nitriles is 1. The Morgan fingerprint density at radius 3 is 2.95 bits per heavy atom. The molecule has 0 aromatic carbocycles. The molecule has 1 fully saturated rings. The summed E-state index contributed by atoms with van der Waals surface area (Å²) >= 11 is 0. The van der Waals surface area contributed by atoms with Crippen molar-refractivity contribution in [1.29, 1.82) is 5.26 Å². The van der Waals surface area contributed by atoms with E-state index in [9.17, 15) is 5.26 Å². The van der Waals surface area contributed by atoms with E-state index < -0.39 is 0 Å². The van der Waals surface area contributed by atoms with Crippen LogP contribution in [0.1, 0.15) is 49.6 Å². The number of nitrogens with zero attached hydrogens (tertiary/aromatic N) is 3. The molecule has 21 heavy (non-hydrogen) atoms. The monoisotopic (exact) mass is 286 g/mol. The Labute approximate surface area is 128 Å². The van der Waals surface area contributed by atoms with Crippen molar-refractivity contribution in [1.82, 2.24) is 9.88 Å². The molecule has 2 heterocycles. The van der Waals surface area contributed by atoms with E-state index in [1.165, 1.54) is 25.8 Å². The Kier molecular flexibility index (Phi) is 5.58. The van der Waals surface area contributed by atoms with Crippen molar-refractivity contribution in [2.24, 2.45) is 0 Å². The highest BCUT2D eigenvalue weighted by Crippen LogP contribution is 2.19. The quantitative estimate of drug-likeness (QED) is 0.844. The van der Waals surface area contributed by atoms with Crippen LogP contribution >= 0.6 is 0 Å². The van der Waals surface area contributed by atoms with Crippen LogP contribution in [0, 0.1) is 25.2 Å². The summed E-state index contributed by atoms with van der Waals surface area (Å²) in [5, 5.41) is 12.7. The molecule has 1 aromatic heterocycles. The molecule has 0 amide bonds. The van der Waals surface area contributed by atoms with Gasteiger partial charge < -0.3 is 10.2 Å². The average Bonchev–Trinajstić information content (AvgIpc) is 2.45. The molecular formula is C17H26N4. The van der Waals surface area contributed by atoms with Crippen LogP contribution in [0.25, 0.3) is 0 Å². The standard InChI is InChI=1S/C17H26N4/c1-13-11-17(16(12-18)15(3)20-13)19-8-6-10-21-9-5-4-7-14(21)2/h11,14H,4-10H2,1-3H3,(H,19,20). The van der Waals surface area contributed by atoms with E-state index >= 15 is 0 Å². The van der Waals surface area contributed by atoms with Crippen molar-refractivity contribution < 1.29 is 0 Å². The smallest absolute Gasteiger partial charge is 0.103 e. The molecule has 1 aliphatic heterocycles. The molecule has 2 rings (SSSR count). The van der Waals surface area contributed by atoms with Crippen molar-refractivity contribution in [2.45, 2.75) is 52.5 Å². The molecular weight excluding hydrogens is 260 g/mol. The highest BCUT2D eigenvalue weighted by Gasteiger charge is 2.17. The van der Waals surface area contributed by atoms with Gasteiger partial charge in [-0.25, -0.2) is 0 Å². The second kappa shape index (κ2) is 7.42. The van der Waals surface area contributed by atoms with E-state index in [1.807, 2.05) is 19.9 Å². The molecule has 1 aliphatic rings. The van der Waals surface area contributed by atoms with Crippen LogP contribution in [0.5, 0.6) is 0 Å². The first kappa shape index (κ1) is 15.8. The van der Waals surface area contributed by atoms with Crippen LogP contribution in [0.4, 0.5) is 5.69 Å². The van der Waals surface area contributed by atoms with Crippen molar-refractivity contribution in [3.05, 3.63) is 23.0 Å². The third kappa shape index (κ3) is 4.18. The van der Waals surface area contributed by atoms with E-state index in [2.05, 4.69) is 28.2 Å². The zero-order chi connectivity index (χ0) is 15.2. The Bertz CT molecular complexity index is 518. The van der Waals surface area contributed by atoms with Gasteiger partial charge in [0.2, 0.25) is 0 Å². The molecule has 0 spiro atoms. The second-order valence-electron chi connectivity index (χ2n) is 6.04. The van der Waals surface area contributed by atoms with Crippen LogP contribution in [0.2, 0.25) is 0 Å². The number of rotatable bonds is 5. The van der Waals surface area contributed by atoms with E-state index in [1.54, 1.807) is 0 Å². The van der Waals surface area contributed by atoms with Gasteiger partial charge in [-0.15, -0.1) is 0 Å². The minimum atomic E-state index is 0.673. The van der Waals surface area contributed by atoms with Gasteiger partial charge in [-0.3, -0.25) is 4.98 Å². The minimum Gasteiger partial charge on any atom is -0.384 e. The molecule has 0 saturated carbocycles. The van der Waals surface area contributed by atoms with Gasteiger partial charge in [0.1, 0.15) is 6.07 Å². The van der Waals surface area contributed by atoms with Gasteiger partial charge in [-0.2, -0.15) is 5.26 Å². The number of hydrogen-bond donors (Lipinski definition) is 1. The van der Waals surface area contributed by atoms with Crippen LogP contribution in [0.15, 0.2) is 6.07 Å². The summed E-state index contributed by atoms with van der Waals surface area (Å²) < 4.78 is 0. The Morgan fingerprint density at radius 2 is 2.24 bits per heavy atom. The number of nitrogens with one attached hydrogen (secondary N) is 1. The van der Waals surface area contributed by atoms with Crippen molar-refractivity contribution in [3.8, 4) is 6.07 Å². The number of piperidine rings is 1. The van der Waals surface area contributed by atoms with E-state index in [0.717, 1.165) is 42.6 Å². The first-order valence-electron chi connectivity index (χ1n) is 7.98. The summed E-state index contributed by atoms with van der Waals surface area (Å²) in [6, 6.07) is 4.94. The van der Waals surface area contributed by atoms with Crippen LogP contribution in [-0.2, 0) is 0 Å². The normalized spacial score (nSPS) is 19.2. The summed E-state index contributed by atoms with van der Waals surface area (Å²) in [7, 11) is 0. The van der Waals surface area contributed by atoms with Crippen molar-refractivity contribution >= 4 is 5.69 Å². The number of aryl methyl sites for hydroxylation is 2. The van der Waals surface area contributed by atoms with Gasteiger partial charge in [0.25, 0.3) is 0 Å². The molecule has 4 nitrogen and oxygen atoms in total. The van der Waals surface area contributed by atoms with E-state index in [4.69, 9.17) is 0 Å². The predicted octanol–water partition coefficient (Wildman–Crippen LogP) is 3.25. The fraction of sp³-hybridized carbons (Fsp3) is 0.647. The zero-order valence-corrected chi connectivity index (χ0v) is 13.4. The van der Waals surface area contributed by atoms with Gasteiger partial charge in [-0.05, 0) is 52.6 Å². The first-order valence-corrected chi connectivity index (χ1v) is 7.98. The third-order valence-electron chi connectivity index (χ3n) is 4.32. The van der Waals surface area contributed by atoms with Crippen LogP contribution < -0.4 is 5.32 Å². The third-order valence-corrected chi connectivity index (χ3v) is 4.32. The Morgan fingerprint density at radius 1 is 1.43 bits per heavy atom. The lowest BCUT2D eigenvalue weighted by atomic mass is 10.0. The highest BCUT2D eigenvalue weighted by molar-refractivity contribution is 5.59. The fourth-order valence-corrected chi connectivity index (χ4v) is 3.10. The lowest BCUT2D eigenvalue weighted by molar-refractivity contribution is 0.160. The average molecular weight is 286 g/mol. The predicted molar refractivity (Wildman–Crippen MR) is 86.4 cm³/mol. The summed E-state index contributed by atoms with van der Waals surface area (Å²) in [4.78, 5) is 6.93. The first-order chi connectivity index (χ1) is 10.1. The Balaban J connectivity index is 1.85. The summed E-state index contributed by atoms with van der Waals surface area (Å²) in [6.07, 6.45) is 5.14. The number of likely N-dealkylation sites (tertiary alicyclic amines) is 1. The Hall–Kier alpha value is -1.60. The van der Waals surface area contributed by atoms with Gasteiger partial charge in [0, 0.05) is 24.8 Å². The molecule has 1 atom stereocenters. The largest absolute Gasteiger partial charge is 0.384 e. The van der Waals surface area contributed by atoms with E-state index in [0.29, 0.717) is 5.56 Å². The van der Waals surface area contributed by atoms with Crippen molar-refractivity contribution in [2.75, 3.05) is 25.0 Å². The van der Waals surface area contributed by atoms with Gasteiger partial charge in [-0.1, -0.05) is 6.42 Å². The number of pyridine rings is 1. The van der Waals surface area contributed by atoms with Gasteiger partial charge in [0.05, 0.1) is 16.9 Å². The second-order valence-corrected chi connectivity index (χ2v) is 6.04. The fourth-order valence-electron chi connectivity index (χ4n) is 3.10. The molecule has 1 aromatic rings. The van der Waals surface area contributed by atoms with Crippen molar-refractivity contribution in [3.63, 3.8) is 0 Å². The lowest BCUT2D eigenvalue weighted by Crippen LogP contribution is -2.38. The molecule has 0 radical (unpaired) electrons. The summed E-state index contributed by atoms with van der Waals surface area (Å²) in [6.45, 7) is 9.47. The zero-order valence-electron chi connectivity index (χ0n) is 13.4. The maximum Gasteiger partial charge on any atom is 0.103 e. The topological polar surface area (TPSA) is 52.0 Å². The molecule has 4 heteroatoms. The van der Waals surface area contributed by atoms with E-state index in [-0.39, 0.29) is 0 Å². The molecule has 1 N–H and O–H groups in total. The summed E-state index contributed by atoms with van der Waals surface area (Å²) in [5.74, 6) is 0. The molecule has 0 bridgehead atoms. The molecule has 1 saturated heterocycles. The molecule has 0 aliphatic carbocycles. The highest BCUT2D eigenvalue weighted by atomic mass is 15.2. The van der Waals surface area contributed by atoms with Gasteiger partial charge >= 0.3 is 0 Å². The molecule has 114 valence electrons. The number of aromatic nitrogens is 1. The SMILES string of the molecule is Cc1cc(NCCCN2CCCCC2C)c(C#N)c(C)n1. The maximum absolute atomic E-state index is 9.25. The summed E-state index contributed by atoms with van der Waals surface area (Å²) in [5.41, 5.74) is 3.37. The molecule has 1 unspecified atom stereocenters. The van der Waals surface area contributed by atoms with Crippen LogP contribution in [0.3, 0.4) is 0 Å². The minimum absolute atomic E-state index is 0.673. The number of anilines is 1. The van der Waals surface area contributed by atoms with Crippen LogP contribution in [-0.4, -0.2) is 35.6 Å². The number of hydrogen-bond acceptors (Lipinski definition) is 4. The maximum atomic E-state index is 9.25. The lowest BCUT2D eigenvalue weighted by Gasteiger charge is -2.33. The van der Waals surface area contributed by atoms with Gasteiger partial charge in [0.15, 0.2) is 0 Å².